The molecule has 6 nitrogen and oxygen atoms in total. The van der Waals surface area contributed by atoms with Crippen molar-refractivity contribution < 1.29 is 4.79 Å². The zero-order chi connectivity index (χ0) is 17.0. The monoisotopic (exact) mass is 311 g/mol. The van der Waals surface area contributed by atoms with E-state index in [1.54, 1.807) is 19.1 Å². The molecule has 1 aromatic carbocycles. The summed E-state index contributed by atoms with van der Waals surface area (Å²) in [6.45, 7) is 2.02. The third-order valence-corrected chi connectivity index (χ3v) is 3.37. The number of hydrogen-bond donors (Lipinski definition) is 0. The summed E-state index contributed by atoms with van der Waals surface area (Å²) in [6.07, 6.45) is 1.36. The van der Waals surface area contributed by atoms with Crippen molar-refractivity contribution in [1.82, 2.24) is 9.13 Å². The Morgan fingerprint density at radius 1 is 1.17 bits per heavy atom. The fraction of sp³-hybridized carbons (Fsp3) is 0.235. The number of anilines is 1. The van der Waals surface area contributed by atoms with Gasteiger partial charge >= 0.3 is 11.6 Å². The van der Waals surface area contributed by atoms with Gasteiger partial charge in [0.25, 0.3) is 5.56 Å². The maximum Gasteiger partial charge on any atom is 0.330 e. The maximum absolute atomic E-state index is 12.3. The molecule has 118 valence electrons. The maximum atomic E-state index is 12.3. The van der Waals surface area contributed by atoms with Crippen LogP contribution in [-0.4, -0.2) is 21.6 Å². The third-order valence-electron chi connectivity index (χ3n) is 3.37. The summed E-state index contributed by atoms with van der Waals surface area (Å²) in [5.74, 6) is 4.81. The summed E-state index contributed by atoms with van der Waals surface area (Å²) in [5, 5.41) is 0. The molecule has 6 heteroatoms. The Balaban J connectivity index is 2.42. The normalized spacial score (nSPS) is 9.87. The van der Waals surface area contributed by atoms with Crippen LogP contribution in [0.3, 0.4) is 0 Å². The van der Waals surface area contributed by atoms with Crippen LogP contribution < -0.4 is 16.1 Å². The van der Waals surface area contributed by atoms with Gasteiger partial charge in [-0.25, -0.2) is 4.79 Å². The summed E-state index contributed by atoms with van der Waals surface area (Å²) >= 11 is 0. The highest BCUT2D eigenvalue weighted by Gasteiger charge is 2.18. The standard InChI is InChI=1S/C17H17N3O3/c1-4-20(14-12-18(2)17(23)19(3)16(14)22)15(21)11-10-13-8-6-5-7-9-13/h5-9,12H,4H2,1-3H3. The molecule has 23 heavy (non-hydrogen) atoms. The molecule has 0 aliphatic carbocycles. The van der Waals surface area contributed by atoms with Crippen molar-refractivity contribution in [2.45, 2.75) is 6.92 Å². The zero-order valence-corrected chi connectivity index (χ0v) is 13.2. The Bertz CT molecular complexity index is 899. The predicted octanol–water partition coefficient (Wildman–Crippen LogP) is 0.489. The lowest BCUT2D eigenvalue weighted by molar-refractivity contribution is -0.113. The van der Waals surface area contributed by atoms with E-state index in [0.717, 1.165) is 4.57 Å². The molecule has 2 rings (SSSR count). The molecule has 0 atom stereocenters. The molecule has 1 amide bonds. The molecule has 0 spiro atoms. The minimum atomic E-state index is -0.523. The minimum Gasteiger partial charge on any atom is -0.301 e. The minimum absolute atomic E-state index is 0.129. The zero-order valence-electron chi connectivity index (χ0n) is 13.2. The predicted molar refractivity (Wildman–Crippen MR) is 88.3 cm³/mol. The third kappa shape index (κ3) is 3.40. The average Bonchev–Trinajstić information content (AvgIpc) is 2.57. The van der Waals surface area contributed by atoms with Gasteiger partial charge in [-0.1, -0.05) is 24.1 Å². The van der Waals surface area contributed by atoms with Crippen molar-refractivity contribution in [1.29, 1.82) is 0 Å². The van der Waals surface area contributed by atoms with E-state index in [0.29, 0.717) is 5.56 Å². The fourth-order valence-electron chi connectivity index (χ4n) is 2.11. The molecule has 0 bridgehead atoms. The number of rotatable bonds is 2. The molecule has 1 heterocycles. The quantitative estimate of drug-likeness (QED) is 0.758. The van der Waals surface area contributed by atoms with Crippen molar-refractivity contribution >= 4 is 11.6 Å². The first-order chi connectivity index (χ1) is 11.0. The number of nitrogens with zero attached hydrogens (tertiary/aromatic N) is 3. The van der Waals surface area contributed by atoms with Crippen molar-refractivity contribution in [2.24, 2.45) is 14.1 Å². The van der Waals surface area contributed by atoms with E-state index < -0.39 is 17.2 Å². The van der Waals surface area contributed by atoms with Gasteiger partial charge in [-0.2, -0.15) is 0 Å². The molecule has 0 saturated carbocycles. The van der Waals surface area contributed by atoms with E-state index in [1.165, 1.54) is 29.8 Å². The molecule has 2 aromatic rings. The Kier molecular flexibility index (Phi) is 4.82. The number of aryl methyl sites for hydroxylation is 1. The molecule has 0 unspecified atom stereocenters. The molecule has 0 radical (unpaired) electrons. The van der Waals surface area contributed by atoms with E-state index in [4.69, 9.17) is 0 Å². The SMILES string of the molecule is CCN(C(=O)C#Cc1ccccc1)c1cn(C)c(=O)n(C)c1=O. The Hall–Kier alpha value is -3.07. The summed E-state index contributed by atoms with van der Waals surface area (Å²) in [7, 11) is 2.90. The van der Waals surface area contributed by atoms with Crippen LogP contribution in [0.25, 0.3) is 0 Å². The number of carbonyl (C=O) groups excluding carboxylic acids is 1. The van der Waals surface area contributed by atoms with Crippen LogP contribution in [0.5, 0.6) is 0 Å². The average molecular weight is 311 g/mol. The fourth-order valence-corrected chi connectivity index (χ4v) is 2.11. The first-order valence-corrected chi connectivity index (χ1v) is 7.11. The van der Waals surface area contributed by atoms with E-state index >= 15 is 0 Å². The second-order valence-corrected chi connectivity index (χ2v) is 4.94. The van der Waals surface area contributed by atoms with Gasteiger partial charge in [0.2, 0.25) is 0 Å². The lowest BCUT2D eigenvalue weighted by Gasteiger charge is -2.18. The first-order valence-electron chi connectivity index (χ1n) is 7.11. The van der Waals surface area contributed by atoms with Crippen molar-refractivity contribution in [3.05, 3.63) is 62.9 Å². The Morgan fingerprint density at radius 3 is 2.43 bits per heavy atom. The van der Waals surface area contributed by atoms with E-state index in [9.17, 15) is 14.4 Å². The second-order valence-electron chi connectivity index (χ2n) is 4.94. The lowest BCUT2D eigenvalue weighted by atomic mass is 10.2. The Labute approximate surface area is 133 Å². The highest BCUT2D eigenvalue weighted by atomic mass is 16.2. The van der Waals surface area contributed by atoms with Gasteiger partial charge in [-0.3, -0.25) is 19.1 Å². The highest BCUT2D eigenvalue weighted by molar-refractivity contribution is 6.05. The van der Waals surface area contributed by atoms with E-state index in [2.05, 4.69) is 11.8 Å². The molecule has 0 N–H and O–H groups in total. The first kappa shape index (κ1) is 16.3. The van der Waals surface area contributed by atoms with Crippen LogP contribution in [-0.2, 0) is 18.9 Å². The smallest absolute Gasteiger partial charge is 0.301 e. The van der Waals surface area contributed by atoms with Crippen LogP contribution in [0.1, 0.15) is 12.5 Å². The second kappa shape index (κ2) is 6.79. The number of benzene rings is 1. The van der Waals surface area contributed by atoms with Gasteiger partial charge in [0, 0.05) is 38.3 Å². The largest absolute Gasteiger partial charge is 0.330 e. The number of amides is 1. The Morgan fingerprint density at radius 2 is 1.83 bits per heavy atom. The van der Waals surface area contributed by atoms with Crippen molar-refractivity contribution in [3.63, 3.8) is 0 Å². The topological polar surface area (TPSA) is 64.3 Å². The van der Waals surface area contributed by atoms with Crippen LogP contribution >= 0.6 is 0 Å². The molecular weight excluding hydrogens is 294 g/mol. The number of aromatic nitrogens is 2. The molecule has 0 aliphatic heterocycles. The number of carbonyl (C=O) groups is 1. The summed E-state index contributed by atoms with van der Waals surface area (Å²) in [6, 6.07) is 9.10. The van der Waals surface area contributed by atoms with Gasteiger partial charge in [-0.05, 0) is 19.1 Å². The summed E-state index contributed by atoms with van der Waals surface area (Å²) < 4.78 is 2.23. The van der Waals surface area contributed by atoms with E-state index in [-0.39, 0.29) is 12.2 Å². The molecule has 0 saturated heterocycles. The van der Waals surface area contributed by atoms with Crippen molar-refractivity contribution in [2.75, 3.05) is 11.4 Å². The van der Waals surface area contributed by atoms with Gasteiger partial charge < -0.3 is 4.57 Å². The summed E-state index contributed by atoms with van der Waals surface area (Å²) in [4.78, 5) is 37.5. The number of hydrogen-bond acceptors (Lipinski definition) is 3. The molecule has 0 fully saturated rings. The van der Waals surface area contributed by atoms with Gasteiger partial charge in [0.15, 0.2) is 0 Å². The van der Waals surface area contributed by atoms with E-state index in [1.807, 2.05) is 18.2 Å². The van der Waals surface area contributed by atoms with Crippen LogP contribution in [0.15, 0.2) is 46.1 Å². The molecule has 0 aliphatic rings. The molecular formula is C17H17N3O3. The summed E-state index contributed by atoms with van der Waals surface area (Å²) in [5.41, 5.74) is -0.128. The lowest BCUT2D eigenvalue weighted by Crippen LogP contribution is -2.42. The van der Waals surface area contributed by atoms with Gasteiger partial charge in [0.05, 0.1) is 0 Å². The van der Waals surface area contributed by atoms with Crippen LogP contribution in [0.4, 0.5) is 5.69 Å². The van der Waals surface area contributed by atoms with Gasteiger partial charge in [-0.15, -0.1) is 0 Å². The highest BCUT2D eigenvalue weighted by Crippen LogP contribution is 2.06. The van der Waals surface area contributed by atoms with Crippen molar-refractivity contribution in [3.8, 4) is 11.8 Å². The molecule has 1 aromatic heterocycles. The van der Waals surface area contributed by atoms with Gasteiger partial charge in [0.1, 0.15) is 5.69 Å². The van der Waals surface area contributed by atoms with Crippen LogP contribution in [0.2, 0.25) is 0 Å². The van der Waals surface area contributed by atoms with Crippen LogP contribution in [0, 0.1) is 11.8 Å².